The first-order chi connectivity index (χ1) is 7.10. The van der Waals surface area contributed by atoms with Gasteiger partial charge in [-0.3, -0.25) is 0 Å². The van der Waals surface area contributed by atoms with Gasteiger partial charge in [-0.15, -0.1) is 0 Å². The molecule has 0 radical (unpaired) electrons. The number of phenolic OH excluding ortho intramolecular Hbond substituents is 3. The summed E-state index contributed by atoms with van der Waals surface area (Å²) in [7, 11) is 0. The normalized spacial score (nSPS) is 18.5. The predicted octanol–water partition coefficient (Wildman–Crippen LogP) is 1.18. The topological polar surface area (TPSA) is 86.7 Å². The minimum Gasteiger partial charge on any atom is -0.504 e. The van der Waals surface area contributed by atoms with Crippen LogP contribution in [-0.4, -0.2) is 21.9 Å². The van der Waals surface area contributed by atoms with Gasteiger partial charge in [0.05, 0.1) is 0 Å². The van der Waals surface area contributed by atoms with Crippen LogP contribution in [0.15, 0.2) is 12.1 Å². The van der Waals surface area contributed by atoms with Crippen LogP contribution >= 0.6 is 0 Å². The minimum absolute atomic E-state index is 0.213. The van der Waals surface area contributed by atoms with Crippen molar-refractivity contribution in [1.82, 2.24) is 0 Å². The molecule has 0 unspecified atom stereocenters. The second-order valence-electron chi connectivity index (χ2n) is 4.17. The Kier molecular flexibility index (Phi) is 2.23. The zero-order valence-electron chi connectivity index (χ0n) is 8.40. The molecule has 0 heterocycles. The average Bonchev–Trinajstić information content (AvgIpc) is 2.17. The molecule has 4 heteroatoms. The van der Waals surface area contributed by atoms with Crippen LogP contribution in [-0.2, 0) is 5.41 Å². The Balaban J connectivity index is 2.49. The molecule has 0 atom stereocenters. The smallest absolute Gasteiger partial charge is 0.200 e. The van der Waals surface area contributed by atoms with Crippen molar-refractivity contribution in [3.63, 3.8) is 0 Å². The van der Waals surface area contributed by atoms with Gasteiger partial charge in [0.2, 0.25) is 5.75 Å². The van der Waals surface area contributed by atoms with Crippen LogP contribution in [0.4, 0.5) is 0 Å². The van der Waals surface area contributed by atoms with Crippen molar-refractivity contribution < 1.29 is 15.3 Å². The van der Waals surface area contributed by atoms with Crippen LogP contribution in [0.1, 0.15) is 24.8 Å². The van der Waals surface area contributed by atoms with Crippen LogP contribution in [0.3, 0.4) is 0 Å². The summed E-state index contributed by atoms with van der Waals surface area (Å²) >= 11 is 0. The van der Waals surface area contributed by atoms with Crippen molar-refractivity contribution in [2.45, 2.75) is 24.7 Å². The van der Waals surface area contributed by atoms with Crippen LogP contribution < -0.4 is 5.73 Å². The largest absolute Gasteiger partial charge is 0.504 e. The first-order valence-electron chi connectivity index (χ1n) is 5.05. The van der Waals surface area contributed by atoms with Gasteiger partial charge in [-0.2, -0.15) is 0 Å². The average molecular weight is 209 g/mol. The summed E-state index contributed by atoms with van der Waals surface area (Å²) in [6, 6.07) is 3.02. The van der Waals surface area contributed by atoms with Gasteiger partial charge in [-0.05, 0) is 18.9 Å². The molecule has 0 aliphatic heterocycles. The van der Waals surface area contributed by atoms with Gasteiger partial charge < -0.3 is 21.1 Å². The highest BCUT2D eigenvalue weighted by Gasteiger charge is 2.40. The van der Waals surface area contributed by atoms with Gasteiger partial charge in [0, 0.05) is 17.5 Å². The highest BCUT2D eigenvalue weighted by Crippen LogP contribution is 2.50. The Morgan fingerprint density at radius 1 is 1.13 bits per heavy atom. The second kappa shape index (κ2) is 3.31. The van der Waals surface area contributed by atoms with Gasteiger partial charge in [0.1, 0.15) is 0 Å². The van der Waals surface area contributed by atoms with Gasteiger partial charge in [-0.1, -0.05) is 12.5 Å². The lowest BCUT2D eigenvalue weighted by Gasteiger charge is -2.41. The minimum atomic E-state index is -0.452. The lowest BCUT2D eigenvalue weighted by Crippen LogP contribution is -2.41. The van der Waals surface area contributed by atoms with Crippen molar-refractivity contribution in [2.24, 2.45) is 5.73 Å². The molecule has 0 bridgehead atoms. The van der Waals surface area contributed by atoms with E-state index in [9.17, 15) is 15.3 Å². The fourth-order valence-corrected chi connectivity index (χ4v) is 2.18. The lowest BCUT2D eigenvalue weighted by molar-refractivity contribution is 0.241. The molecule has 15 heavy (non-hydrogen) atoms. The van der Waals surface area contributed by atoms with E-state index >= 15 is 0 Å². The quantitative estimate of drug-likeness (QED) is 0.551. The van der Waals surface area contributed by atoms with Crippen molar-refractivity contribution in [3.05, 3.63) is 17.7 Å². The highest BCUT2D eigenvalue weighted by molar-refractivity contribution is 5.56. The molecule has 0 amide bonds. The van der Waals surface area contributed by atoms with Crippen molar-refractivity contribution >= 4 is 0 Å². The number of benzene rings is 1. The zero-order chi connectivity index (χ0) is 11.1. The van der Waals surface area contributed by atoms with E-state index in [1.54, 1.807) is 6.07 Å². The fourth-order valence-electron chi connectivity index (χ4n) is 2.18. The summed E-state index contributed by atoms with van der Waals surface area (Å²) in [5, 5.41) is 28.4. The van der Waals surface area contributed by atoms with E-state index in [1.165, 1.54) is 6.07 Å². The Bertz CT molecular complexity index is 380. The number of phenols is 3. The standard InChI is InChI=1S/C11H15NO3/c12-6-11(4-1-5-11)7-2-3-8(13)10(15)9(7)14/h2-3,13-15H,1,4-6,12H2. The van der Waals surface area contributed by atoms with Gasteiger partial charge in [0.15, 0.2) is 11.5 Å². The van der Waals surface area contributed by atoms with Gasteiger partial charge >= 0.3 is 0 Å². The number of rotatable bonds is 2. The first-order valence-corrected chi connectivity index (χ1v) is 5.05. The lowest BCUT2D eigenvalue weighted by atomic mass is 9.64. The molecule has 0 spiro atoms. The molecule has 2 rings (SSSR count). The molecule has 1 fully saturated rings. The fraction of sp³-hybridized carbons (Fsp3) is 0.455. The Morgan fingerprint density at radius 2 is 1.80 bits per heavy atom. The molecule has 5 N–H and O–H groups in total. The SMILES string of the molecule is NCC1(c2ccc(O)c(O)c2O)CCC1. The van der Waals surface area contributed by atoms with E-state index in [0.717, 1.165) is 19.3 Å². The van der Waals surface area contributed by atoms with Crippen LogP contribution in [0.25, 0.3) is 0 Å². The third-order valence-electron chi connectivity index (χ3n) is 3.40. The Hall–Kier alpha value is -1.42. The monoisotopic (exact) mass is 209 g/mol. The summed E-state index contributed by atoms with van der Waals surface area (Å²) in [5.74, 6) is -0.991. The van der Waals surface area contributed by atoms with Crippen molar-refractivity contribution in [1.29, 1.82) is 0 Å². The molecule has 1 aliphatic rings. The molecule has 1 aromatic carbocycles. The van der Waals surface area contributed by atoms with E-state index in [1.807, 2.05) is 0 Å². The number of nitrogens with two attached hydrogens (primary N) is 1. The number of hydrogen-bond donors (Lipinski definition) is 4. The molecule has 82 valence electrons. The van der Waals surface area contributed by atoms with Gasteiger partial charge in [-0.25, -0.2) is 0 Å². The third-order valence-corrected chi connectivity index (χ3v) is 3.40. The summed E-state index contributed by atoms with van der Waals surface area (Å²) < 4.78 is 0. The van der Waals surface area contributed by atoms with E-state index in [0.29, 0.717) is 12.1 Å². The second-order valence-corrected chi connectivity index (χ2v) is 4.17. The molecular weight excluding hydrogens is 194 g/mol. The molecule has 4 nitrogen and oxygen atoms in total. The van der Waals surface area contributed by atoms with Crippen LogP contribution in [0.2, 0.25) is 0 Å². The molecule has 1 aliphatic carbocycles. The van der Waals surface area contributed by atoms with Crippen LogP contribution in [0, 0.1) is 0 Å². The molecule has 1 saturated carbocycles. The summed E-state index contributed by atoms with van der Waals surface area (Å²) in [4.78, 5) is 0. The Labute approximate surface area is 88.0 Å². The van der Waals surface area contributed by atoms with Crippen molar-refractivity contribution in [2.75, 3.05) is 6.54 Å². The maximum absolute atomic E-state index is 9.74. The molecule has 1 aromatic rings. The number of aromatic hydroxyl groups is 3. The van der Waals surface area contributed by atoms with E-state index in [4.69, 9.17) is 5.73 Å². The van der Waals surface area contributed by atoms with E-state index in [2.05, 4.69) is 0 Å². The summed E-state index contributed by atoms with van der Waals surface area (Å²) in [5.41, 5.74) is 6.13. The maximum atomic E-state index is 9.74. The van der Waals surface area contributed by atoms with E-state index < -0.39 is 5.75 Å². The van der Waals surface area contributed by atoms with E-state index in [-0.39, 0.29) is 16.9 Å². The molecular formula is C11H15NO3. The first kappa shape index (κ1) is 10.1. The third kappa shape index (κ3) is 1.33. The maximum Gasteiger partial charge on any atom is 0.200 e. The molecule has 0 saturated heterocycles. The molecule has 0 aromatic heterocycles. The highest BCUT2D eigenvalue weighted by atomic mass is 16.3. The van der Waals surface area contributed by atoms with Gasteiger partial charge in [0.25, 0.3) is 0 Å². The zero-order valence-corrected chi connectivity index (χ0v) is 8.40. The Morgan fingerprint density at radius 3 is 2.27 bits per heavy atom. The summed E-state index contributed by atoms with van der Waals surface area (Å²) in [6.07, 6.45) is 2.92. The summed E-state index contributed by atoms with van der Waals surface area (Å²) in [6.45, 7) is 0.449. The number of hydrogen-bond acceptors (Lipinski definition) is 4. The van der Waals surface area contributed by atoms with Crippen LogP contribution in [0.5, 0.6) is 17.2 Å². The van der Waals surface area contributed by atoms with Crippen molar-refractivity contribution in [3.8, 4) is 17.2 Å². The predicted molar refractivity (Wildman–Crippen MR) is 56.0 cm³/mol.